The summed E-state index contributed by atoms with van der Waals surface area (Å²) < 4.78 is 37.7. The largest absolute Gasteiger partial charge is 0.449 e. The van der Waals surface area contributed by atoms with E-state index in [1.165, 1.54) is 58.0 Å². The topological polar surface area (TPSA) is 141 Å². The average molecular weight is 477 g/mol. The molecule has 1 amide bonds. The Balaban J connectivity index is 1.84. The fourth-order valence-corrected chi connectivity index (χ4v) is 3.98. The van der Waals surface area contributed by atoms with Gasteiger partial charge < -0.3 is 19.0 Å². The van der Waals surface area contributed by atoms with Crippen LogP contribution in [-0.2, 0) is 26.6 Å². The van der Waals surface area contributed by atoms with Crippen molar-refractivity contribution in [1.82, 2.24) is 13.9 Å². The minimum atomic E-state index is -3.71. The van der Waals surface area contributed by atoms with Crippen LogP contribution in [0, 0.1) is 13.8 Å². The van der Waals surface area contributed by atoms with Gasteiger partial charge in [0.2, 0.25) is 15.7 Å². The van der Waals surface area contributed by atoms with Crippen LogP contribution in [0.3, 0.4) is 0 Å². The van der Waals surface area contributed by atoms with Crippen molar-refractivity contribution in [1.29, 1.82) is 0 Å². The first kappa shape index (κ1) is 24.1. The second kappa shape index (κ2) is 8.79. The summed E-state index contributed by atoms with van der Waals surface area (Å²) in [6, 6.07) is 4.33. The van der Waals surface area contributed by atoms with Gasteiger partial charge in [0.1, 0.15) is 23.0 Å². The zero-order valence-electron chi connectivity index (χ0n) is 19.0. The number of hydrogen-bond acceptors (Lipinski definition) is 8. The maximum Gasteiger partial charge on any atom is 0.343 e. The number of amides is 1. The van der Waals surface area contributed by atoms with Gasteiger partial charge in [-0.3, -0.25) is 9.59 Å². The Bertz CT molecular complexity index is 1420. The van der Waals surface area contributed by atoms with Gasteiger partial charge in [-0.15, -0.1) is 0 Å². The van der Waals surface area contributed by atoms with Crippen LogP contribution < -0.4 is 10.9 Å². The van der Waals surface area contributed by atoms with E-state index in [9.17, 15) is 22.8 Å². The number of furan rings is 1. The molecule has 1 N–H and O–H groups in total. The van der Waals surface area contributed by atoms with Gasteiger partial charge >= 0.3 is 5.97 Å². The molecule has 0 fully saturated rings. The van der Waals surface area contributed by atoms with E-state index < -0.39 is 33.6 Å². The molecule has 1 unspecified atom stereocenters. The van der Waals surface area contributed by atoms with Crippen LogP contribution >= 0.6 is 0 Å². The first-order valence-electron chi connectivity index (χ1n) is 9.84. The Morgan fingerprint density at radius 3 is 2.55 bits per heavy atom. The highest BCUT2D eigenvalue weighted by Crippen LogP contribution is 2.24. The number of aryl methyl sites for hydroxylation is 3. The molecule has 176 valence electrons. The van der Waals surface area contributed by atoms with Crippen molar-refractivity contribution >= 4 is 38.7 Å². The summed E-state index contributed by atoms with van der Waals surface area (Å²) >= 11 is 0. The summed E-state index contributed by atoms with van der Waals surface area (Å²) in [6.45, 7) is 4.54. The lowest BCUT2D eigenvalue weighted by molar-refractivity contribution is -0.123. The molecule has 1 atom stereocenters. The minimum Gasteiger partial charge on any atom is -0.449 e. The average Bonchev–Trinajstić information content (AvgIpc) is 3.08. The maximum absolute atomic E-state index is 12.8. The Morgan fingerprint density at radius 2 is 1.91 bits per heavy atom. The van der Waals surface area contributed by atoms with E-state index >= 15 is 0 Å². The van der Waals surface area contributed by atoms with Gasteiger partial charge in [-0.25, -0.2) is 22.5 Å². The van der Waals surface area contributed by atoms with Crippen molar-refractivity contribution < 1.29 is 27.2 Å². The first-order valence-corrected chi connectivity index (χ1v) is 11.3. The molecular formula is C21H24N4O7S. The molecule has 0 bridgehead atoms. The third kappa shape index (κ3) is 4.52. The van der Waals surface area contributed by atoms with Gasteiger partial charge in [-0.1, -0.05) is 6.07 Å². The van der Waals surface area contributed by atoms with Crippen LogP contribution in [0.5, 0.6) is 0 Å². The fourth-order valence-electron chi connectivity index (χ4n) is 3.05. The molecule has 0 saturated heterocycles. The van der Waals surface area contributed by atoms with E-state index in [-0.39, 0.29) is 33.0 Å². The van der Waals surface area contributed by atoms with Gasteiger partial charge in [0.15, 0.2) is 6.10 Å². The van der Waals surface area contributed by atoms with Crippen LogP contribution in [-0.4, -0.2) is 54.3 Å². The number of carbonyl (C=O) groups excluding carboxylic acids is 2. The third-order valence-electron chi connectivity index (χ3n) is 5.05. The Labute approximate surface area is 190 Å². The smallest absolute Gasteiger partial charge is 0.343 e. The zero-order valence-corrected chi connectivity index (χ0v) is 19.8. The van der Waals surface area contributed by atoms with Crippen molar-refractivity contribution in [2.45, 2.75) is 31.8 Å². The van der Waals surface area contributed by atoms with Crippen LogP contribution in [0.1, 0.15) is 28.6 Å². The number of esters is 1. The second-order valence-corrected chi connectivity index (χ2v) is 9.83. The van der Waals surface area contributed by atoms with E-state index in [0.29, 0.717) is 5.56 Å². The molecule has 2 aromatic heterocycles. The number of carbonyl (C=O) groups is 2. The van der Waals surface area contributed by atoms with Gasteiger partial charge in [0.05, 0.1) is 4.90 Å². The predicted molar refractivity (Wildman–Crippen MR) is 120 cm³/mol. The van der Waals surface area contributed by atoms with Crippen LogP contribution in [0.2, 0.25) is 0 Å². The lowest BCUT2D eigenvalue weighted by Gasteiger charge is -2.17. The second-order valence-electron chi connectivity index (χ2n) is 7.67. The number of ether oxygens (including phenoxy) is 1. The van der Waals surface area contributed by atoms with E-state index in [0.717, 1.165) is 4.31 Å². The van der Waals surface area contributed by atoms with Crippen molar-refractivity contribution in [3.63, 3.8) is 0 Å². The minimum absolute atomic E-state index is 0.00174. The van der Waals surface area contributed by atoms with Crippen molar-refractivity contribution in [2.75, 3.05) is 19.4 Å². The van der Waals surface area contributed by atoms with Crippen molar-refractivity contribution in [3.05, 3.63) is 51.8 Å². The number of aromatic nitrogens is 2. The molecule has 0 spiro atoms. The number of nitrogens with zero attached hydrogens (tertiary/aromatic N) is 3. The summed E-state index contributed by atoms with van der Waals surface area (Å²) in [7, 11) is 0.580. The number of fused-ring (bicyclic) bond motifs is 1. The molecule has 0 radical (unpaired) electrons. The molecule has 2 heterocycles. The summed E-state index contributed by atoms with van der Waals surface area (Å²) in [6.07, 6.45) is 0.0158. The number of anilines is 1. The molecule has 3 rings (SSSR count). The first-order chi connectivity index (χ1) is 15.3. The van der Waals surface area contributed by atoms with Crippen LogP contribution in [0.25, 0.3) is 11.1 Å². The molecule has 0 aliphatic heterocycles. The van der Waals surface area contributed by atoms with Gasteiger partial charge in [0, 0.05) is 26.8 Å². The monoisotopic (exact) mass is 476 g/mol. The molecule has 1 aromatic carbocycles. The molecule has 3 aromatic rings. The van der Waals surface area contributed by atoms with Crippen molar-refractivity contribution in [2.24, 2.45) is 7.05 Å². The standard InChI is InChI=1S/C21H24N4O7S/c1-11-7-8-14(33(29,30)24(4)5)9-15(11)23-18(26)13(3)32-21(28)16-12(2)31-19-17(16)20(27)25(6)10-22-19/h7-10,13H,1-6H3,(H,23,26). The molecular weight excluding hydrogens is 452 g/mol. The highest BCUT2D eigenvalue weighted by molar-refractivity contribution is 7.89. The highest BCUT2D eigenvalue weighted by atomic mass is 32.2. The molecule has 11 nitrogen and oxygen atoms in total. The number of rotatable bonds is 6. The van der Waals surface area contributed by atoms with E-state index in [2.05, 4.69) is 10.3 Å². The molecule has 0 aliphatic carbocycles. The predicted octanol–water partition coefficient (Wildman–Crippen LogP) is 1.58. The normalized spacial score (nSPS) is 12.7. The third-order valence-corrected chi connectivity index (χ3v) is 6.86. The maximum atomic E-state index is 12.8. The quantitative estimate of drug-likeness (QED) is 0.529. The lowest BCUT2D eigenvalue weighted by atomic mass is 10.2. The number of sulfonamides is 1. The summed E-state index contributed by atoms with van der Waals surface area (Å²) in [5.74, 6) is -1.46. The fraction of sp³-hybridized carbons (Fsp3) is 0.333. The van der Waals surface area contributed by atoms with E-state index in [4.69, 9.17) is 9.15 Å². The van der Waals surface area contributed by atoms with Crippen LogP contribution in [0.15, 0.2) is 38.6 Å². The molecule has 33 heavy (non-hydrogen) atoms. The van der Waals surface area contributed by atoms with Crippen LogP contribution in [0.4, 0.5) is 5.69 Å². The molecule has 0 saturated carbocycles. The zero-order chi connectivity index (χ0) is 24.7. The van der Waals surface area contributed by atoms with Gasteiger partial charge in [-0.2, -0.15) is 0 Å². The van der Waals surface area contributed by atoms with Gasteiger partial charge in [-0.05, 0) is 38.5 Å². The van der Waals surface area contributed by atoms with Crippen molar-refractivity contribution in [3.8, 4) is 0 Å². The number of benzene rings is 1. The SMILES string of the molecule is Cc1ccc(S(=O)(=O)N(C)C)cc1NC(=O)C(C)OC(=O)c1c(C)oc2ncn(C)c(=O)c12. The summed E-state index contributed by atoms with van der Waals surface area (Å²) in [4.78, 5) is 41.9. The Morgan fingerprint density at radius 1 is 1.24 bits per heavy atom. The summed E-state index contributed by atoms with van der Waals surface area (Å²) in [5, 5.41) is 2.55. The Kier molecular flexibility index (Phi) is 6.43. The van der Waals surface area contributed by atoms with Gasteiger partial charge in [0.25, 0.3) is 11.5 Å². The number of hydrogen-bond donors (Lipinski definition) is 1. The summed E-state index contributed by atoms with van der Waals surface area (Å²) in [5.41, 5.74) is 0.276. The molecule has 12 heteroatoms. The number of nitrogens with one attached hydrogen (secondary N) is 1. The van der Waals surface area contributed by atoms with E-state index in [1.54, 1.807) is 13.0 Å². The lowest BCUT2D eigenvalue weighted by Crippen LogP contribution is -2.31. The van der Waals surface area contributed by atoms with E-state index in [1.807, 2.05) is 0 Å². The highest BCUT2D eigenvalue weighted by Gasteiger charge is 2.27. The molecule has 0 aliphatic rings. The Hall–Kier alpha value is -3.51.